The van der Waals surface area contributed by atoms with Crippen molar-refractivity contribution in [1.82, 2.24) is 4.57 Å². The van der Waals surface area contributed by atoms with Crippen molar-refractivity contribution >= 4 is 35.5 Å². The highest BCUT2D eigenvalue weighted by molar-refractivity contribution is 6.53. The van der Waals surface area contributed by atoms with E-state index in [1.54, 1.807) is 30.5 Å². The highest BCUT2D eigenvalue weighted by atomic mass is 16.5. The van der Waals surface area contributed by atoms with Crippen LogP contribution in [0.25, 0.3) is 5.69 Å². The van der Waals surface area contributed by atoms with Gasteiger partial charge >= 0.3 is 11.9 Å². The number of hydrogen-bond donors (Lipinski definition) is 1. The molecule has 0 aliphatic carbocycles. The minimum Gasteiger partial charge on any atom is -0.465 e. The third-order valence-corrected chi connectivity index (χ3v) is 5.49. The highest BCUT2D eigenvalue weighted by Gasteiger charge is 2.25. The number of carbonyl (C=O) groups is 3. The van der Waals surface area contributed by atoms with Gasteiger partial charge in [0.25, 0.3) is 5.91 Å². The van der Waals surface area contributed by atoms with E-state index in [1.807, 2.05) is 36.6 Å². The van der Waals surface area contributed by atoms with Crippen molar-refractivity contribution in [1.29, 1.82) is 0 Å². The Kier molecular flexibility index (Phi) is 6.09. The standard InChI is InChI=1S/C25H22N4O5/c1-14-9-18(13-26-28-22-20-7-5-6-8-21(20)27-23(22)30)15(2)29(14)19-11-16(24(31)33-3)10-17(12-19)25(32)34-4/h5-13H,1-4H3,(H,27,28,30). The van der Waals surface area contributed by atoms with Crippen molar-refractivity contribution in [3.8, 4) is 5.69 Å². The van der Waals surface area contributed by atoms with Crippen LogP contribution < -0.4 is 5.32 Å². The number of aromatic nitrogens is 1. The minimum absolute atomic E-state index is 0.223. The van der Waals surface area contributed by atoms with Gasteiger partial charge in [-0.25, -0.2) is 9.59 Å². The zero-order valence-electron chi connectivity index (χ0n) is 19.1. The Labute approximate surface area is 195 Å². The first-order chi connectivity index (χ1) is 16.3. The highest BCUT2D eigenvalue weighted by Crippen LogP contribution is 2.24. The molecule has 9 nitrogen and oxygen atoms in total. The van der Waals surface area contributed by atoms with Gasteiger partial charge in [0.1, 0.15) is 0 Å². The molecule has 1 aromatic heterocycles. The molecule has 34 heavy (non-hydrogen) atoms. The predicted molar refractivity (Wildman–Crippen MR) is 127 cm³/mol. The SMILES string of the molecule is COC(=O)c1cc(C(=O)OC)cc(-n2c(C)cc(C=N/N=C3\C(=O)Nc4ccccc43)c2C)c1. The molecule has 1 aliphatic rings. The third-order valence-electron chi connectivity index (χ3n) is 5.49. The molecule has 172 valence electrons. The summed E-state index contributed by atoms with van der Waals surface area (Å²) in [7, 11) is 2.55. The van der Waals surface area contributed by atoms with Gasteiger partial charge in [0.2, 0.25) is 0 Å². The second-order valence-electron chi connectivity index (χ2n) is 7.61. The molecular formula is C25H22N4O5. The molecule has 0 atom stereocenters. The summed E-state index contributed by atoms with van der Waals surface area (Å²) in [5.41, 5.74) is 5.08. The van der Waals surface area contributed by atoms with Crippen LogP contribution in [0.2, 0.25) is 0 Å². The molecule has 3 aromatic rings. The first-order valence-electron chi connectivity index (χ1n) is 10.4. The molecular weight excluding hydrogens is 436 g/mol. The molecule has 9 heteroatoms. The van der Waals surface area contributed by atoms with Crippen LogP contribution in [-0.2, 0) is 14.3 Å². The fourth-order valence-electron chi connectivity index (χ4n) is 3.88. The molecule has 1 amide bonds. The van der Waals surface area contributed by atoms with Gasteiger partial charge in [-0.2, -0.15) is 5.10 Å². The van der Waals surface area contributed by atoms with E-state index in [0.29, 0.717) is 16.9 Å². The summed E-state index contributed by atoms with van der Waals surface area (Å²) in [6, 6.07) is 13.9. The number of aryl methyl sites for hydroxylation is 1. The molecule has 1 aliphatic heterocycles. The summed E-state index contributed by atoms with van der Waals surface area (Å²) in [6.07, 6.45) is 1.56. The Morgan fingerprint density at radius 2 is 1.62 bits per heavy atom. The number of amides is 1. The second-order valence-corrected chi connectivity index (χ2v) is 7.61. The van der Waals surface area contributed by atoms with E-state index in [1.165, 1.54) is 20.3 Å². The number of para-hydroxylation sites is 1. The molecule has 2 aromatic carbocycles. The summed E-state index contributed by atoms with van der Waals surface area (Å²) < 4.78 is 11.5. The molecule has 2 heterocycles. The van der Waals surface area contributed by atoms with Gasteiger partial charge < -0.3 is 19.4 Å². The lowest BCUT2D eigenvalue weighted by molar-refractivity contribution is -0.110. The molecule has 0 spiro atoms. The number of esters is 2. The monoisotopic (exact) mass is 458 g/mol. The van der Waals surface area contributed by atoms with E-state index in [0.717, 1.165) is 17.0 Å². The van der Waals surface area contributed by atoms with Gasteiger partial charge in [-0.05, 0) is 44.2 Å². The Balaban J connectivity index is 1.72. The quantitative estimate of drug-likeness (QED) is 0.358. The summed E-state index contributed by atoms with van der Waals surface area (Å²) in [5, 5.41) is 11.0. The van der Waals surface area contributed by atoms with Gasteiger partial charge in [-0.15, -0.1) is 5.10 Å². The van der Waals surface area contributed by atoms with Crippen molar-refractivity contribution in [2.45, 2.75) is 13.8 Å². The number of rotatable bonds is 5. The Morgan fingerprint density at radius 3 is 2.26 bits per heavy atom. The maximum Gasteiger partial charge on any atom is 0.337 e. The topological polar surface area (TPSA) is 111 Å². The predicted octanol–water partition coefficient (Wildman–Crippen LogP) is 3.44. The van der Waals surface area contributed by atoms with E-state index in [2.05, 4.69) is 15.5 Å². The number of hydrogen-bond acceptors (Lipinski definition) is 7. The fourth-order valence-corrected chi connectivity index (χ4v) is 3.88. The van der Waals surface area contributed by atoms with E-state index in [-0.39, 0.29) is 22.7 Å². The summed E-state index contributed by atoms with van der Waals surface area (Å²) in [5.74, 6) is -1.44. The molecule has 0 bridgehead atoms. The zero-order valence-corrected chi connectivity index (χ0v) is 19.1. The first kappa shape index (κ1) is 22.7. The van der Waals surface area contributed by atoms with Crippen LogP contribution in [0.3, 0.4) is 0 Å². The lowest BCUT2D eigenvalue weighted by Crippen LogP contribution is -2.13. The Morgan fingerprint density at radius 1 is 0.971 bits per heavy atom. The van der Waals surface area contributed by atoms with Crippen LogP contribution in [0.4, 0.5) is 5.69 Å². The zero-order chi connectivity index (χ0) is 24.4. The average molecular weight is 458 g/mol. The van der Waals surface area contributed by atoms with E-state index >= 15 is 0 Å². The summed E-state index contributed by atoms with van der Waals surface area (Å²) >= 11 is 0. The van der Waals surface area contributed by atoms with Gasteiger partial charge in [0, 0.05) is 28.2 Å². The van der Waals surface area contributed by atoms with Crippen LogP contribution in [0.1, 0.15) is 43.2 Å². The molecule has 0 radical (unpaired) electrons. The number of benzene rings is 2. The number of fused-ring (bicyclic) bond motifs is 1. The third kappa shape index (κ3) is 4.11. The number of methoxy groups -OCH3 is 2. The largest absolute Gasteiger partial charge is 0.465 e. The van der Waals surface area contributed by atoms with Crippen LogP contribution in [-0.4, -0.2) is 48.6 Å². The Bertz CT molecular complexity index is 1350. The van der Waals surface area contributed by atoms with Gasteiger partial charge in [0.05, 0.1) is 37.2 Å². The maximum absolute atomic E-state index is 12.2. The average Bonchev–Trinajstić information content (AvgIpc) is 3.32. The maximum atomic E-state index is 12.2. The minimum atomic E-state index is -0.567. The number of ether oxygens (including phenoxy) is 2. The normalized spacial score (nSPS) is 13.8. The molecule has 0 fully saturated rings. The molecule has 4 rings (SSSR count). The van der Waals surface area contributed by atoms with Crippen molar-refractivity contribution in [2.75, 3.05) is 19.5 Å². The lowest BCUT2D eigenvalue weighted by Gasteiger charge is -2.13. The van der Waals surface area contributed by atoms with E-state index in [4.69, 9.17) is 9.47 Å². The van der Waals surface area contributed by atoms with Crippen LogP contribution >= 0.6 is 0 Å². The van der Waals surface area contributed by atoms with Gasteiger partial charge in [-0.3, -0.25) is 4.79 Å². The van der Waals surface area contributed by atoms with Crippen molar-refractivity contribution in [2.24, 2.45) is 10.2 Å². The van der Waals surface area contributed by atoms with Crippen LogP contribution in [0.15, 0.2) is 58.7 Å². The number of carbonyl (C=O) groups excluding carboxylic acids is 3. The second kappa shape index (κ2) is 9.14. The van der Waals surface area contributed by atoms with Crippen molar-refractivity contribution in [3.63, 3.8) is 0 Å². The number of anilines is 1. The first-order valence-corrected chi connectivity index (χ1v) is 10.4. The van der Waals surface area contributed by atoms with Gasteiger partial charge in [0.15, 0.2) is 5.71 Å². The molecule has 0 saturated heterocycles. The number of nitrogens with one attached hydrogen (secondary N) is 1. The van der Waals surface area contributed by atoms with Crippen molar-refractivity contribution in [3.05, 3.63) is 82.2 Å². The van der Waals surface area contributed by atoms with Crippen molar-refractivity contribution < 1.29 is 23.9 Å². The smallest absolute Gasteiger partial charge is 0.337 e. The fraction of sp³-hybridized carbons (Fsp3) is 0.160. The summed E-state index contributed by atoms with van der Waals surface area (Å²) in [4.78, 5) is 36.5. The van der Waals surface area contributed by atoms with E-state index < -0.39 is 11.9 Å². The lowest BCUT2D eigenvalue weighted by atomic mass is 10.1. The molecule has 1 N–H and O–H groups in total. The Hall–Kier alpha value is -4.53. The molecule has 0 saturated carbocycles. The number of nitrogens with zero attached hydrogens (tertiary/aromatic N) is 3. The van der Waals surface area contributed by atoms with Crippen LogP contribution in [0.5, 0.6) is 0 Å². The van der Waals surface area contributed by atoms with E-state index in [9.17, 15) is 14.4 Å². The summed E-state index contributed by atoms with van der Waals surface area (Å²) in [6.45, 7) is 3.77. The molecule has 0 unspecified atom stereocenters. The van der Waals surface area contributed by atoms with Crippen LogP contribution in [0, 0.1) is 13.8 Å². The van der Waals surface area contributed by atoms with Gasteiger partial charge in [-0.1, -0.05) is 18.2 Å².